The minimum absolute atomic E-state index is 0.114. The van der Waals surface area contributed by atoms with E-state index in [0.29, 0.717) is 22.0 Å². The van der Waals surface area contributed by atoms with Crippen LogP contribution in [0.3, 0.4) is 0 Å². The highest BCUT2D eigenvalue weighted by molar-refractivity contribution is 6.38. The molecule has 3 amide bonds. The third kappa shape index (κ3) is 4.75. The lowest BCUT2D eigenvalue weighted by atomic mass is 10.0. The largest absolute Gasteiger partial charge is 0.496 e. The second-order valence-electron chi connectivity index (χ2n) is 6.98. The van der Waals surface area contributed by atoms with Crippen LogP contribution in [0.4, 0.5) is 10.5 Å². The molecule has 1 heterocycles. The summed E-state index contributed by atoms with van der Waals surface area (Å²) in [5.74, 6) is 0.0236. The van der Waals surface area contributed by atoms with Gasteiger partial charge in [0.05, 0.1) is 22.7 Å². The first-order valence-corrected chi connectivity index (χ1v) is 10.7. The van der Waals surface area contributed by atoms with Gasteiger partial charge in [-0.1, -0.05) is 46.9 Å². The van der Waals surface area contributed by atoms with Crippen LogP contribution >= 0.6 is 34.8 Å². The van der Waals surface area contributed by atoms with Crippen LogP contribution in [-0.4, -0.2) is 31.4 Å². The standard InChI is InChI=1S/C23H15Cl3N2O5/c1-32-19-6-5-15(10-16(19)21(30)12-3-2-4-13(24)7-12)33-22-17(25)8-14(9-18(22)26)28-11-20(29)27-23(28)31/h2-10H,11H2,1H3,(H,27,29,31). The van der Waals surface area contributed by atoms with Crippen molar-refractivity contribution in [2.75, 3.05) is 18.6 Å². The Kier molecular flexibility index (Phi) is 6.47. The maximum Gasteiger partial charge on any atom is 0.329 e. The third-order valence-electron chi connectivity index (χ3n) is 4.81. The summed E-state index contributed by atoms with van der Waals surface area (Å²) in [6.45, 7) is -0.140. The number of carbonyl (C=O) groups is 3. The van der Waals surface area contributed by atoms with Gasteiger partial charge < -0.3 is 9.47 Å². The molecule has 0 aromatic heterocycles. The van der Waals surface area contributed by atoms with Gasteiger partial charge >= 0.3 is 6.03 Å². The maximum atomic E-state index is 13.0. The summed E-state index contributed by atoms with van der Waals surface area (Å²) in [6, 6.07) is 13.6. The fourth-order valence-corrected chi connectivity index (χ4v) is 4.02. The van der Waals surface area contributed by atoms with Crippen molar-refractivity contribution >= 4 is 58.2 Å². The zero-order valence-electron chi connectivity index (χ0n) is 17.0. The van der Waals surface area contributed by atoms with Gasteiger partial charge in [0.2, 0.25) is 5.91 Å². The summed E-state index contributed by atoms with van der Waals surface area (Å²) in [6.07, 6.45) is 0. The number of urea groups is 1. The van der Waals surface area contributed by atoms with Gasteiger partial charge in [-0.3, -0.25) is 19.8 Å². The van der Waals surface area contributed by atoms with Crippen LogP contribution in [0.25, 0.3) is 0 Å². The van der Waals surface area contributed by atoms with Gasteiger partial charge in [0.1, 0.15) is 18.0 Å². The molecule has 1 aliphatic rings. The molecule has 168 valence electrons. The average Bonchev–Trinajstić information content (AvgIpc) is 3.13. The van der Waals surface area contributed by atoms with Crippen molar-refractivity contribution in [3.8, 4) is 17.2 Å². The molecule has 1 fully saturated rings. The number of ketones is 1. The summed E-state index contributed by atoms with van der Waals surface area (Å²) in [7, 11) is 1.45. The van der Waals surface area contributed by atoms with E-state index in [4.69, 9.17) is 44.3 Å². The Bertz CT molecular complexity index is 1270. The molecular formula is C23H15Cl3N2O5. The molecule has 1 aliphatic heterocycles. The monoisotopic (exact) mass is 504 g/mol. The summed E-state index contributed by atoms with van der Waals surface area (Å²) >= 11 is 18.7. The summed E-state index contributed by atoms with van der Waals surface area (Å²) < 4.78 is 11.2. The highest BCUT2D eigenvalue weighted by Crippen LogP contribution is 2.41. The Morgan fingerprint density at radius 3 is 2.33 bits per heavy atom. The van der Waals surface area contributed by atoms with Gasteiger partial charge in [0.25, 0.3) is 0 Å². The van der Waals surface area contributed by atoms with Crippen molar-refractivity contribution in [2.45, 2.75) is 0 Å². The maximum absolute atomic E-state index is 13.0. The smallest absolute Gasteiger partial charge is 0.329 e. The Morgan fingerprint density at radius 2 is 1.73 bits per heavy atom. The van der Waals surface area contributed by atoms with Gasteiger partial charge in [-0.05, 0) is 42.5 Å². The number of amides is 3. The van der Waals surface area contributed by atoms with Gasteiger partial charge in [-0.25, -0.2) is 4.79 Å². The van der Waals surface area contributed by atoms with Gasteiger partial charge in [0.15, 0.2) is 11.5 Å². The average molecular weight is 506 g/mol. The van der Waals surface area contributed by atoms with Gasteiger partial charge in [-0.2, -0.15) is 0 Å². The number of rotatable bonds is 6. The van der Waals surface area contributed by atoms with E-state index in [2.05, 4.69) is 5.32 Å². The number of carbonyl (C=O) groups excluding carboxylic acids is 3. The molecule has 0 bridgehead atoms. The number of hydrogen-bond donors (Lipinski definition) is 1. The van der Waals surface area contributed by atoms with Crippen LogP contribution in [0, 0.1) is 0 Å². The summed E-state index contributed by atoms with van der Waals surface area (Å²) in [5.41, 5.74) is 0.984. The fraction of sp³-hybridized carbons (Fsp3) is 0.0870. The van der Waals surface area contributed by atoms with Crippen LogP contribution in [-0.2, 0) is 4.79 Å². The van der Waals surface area contributed by atoms with E-state index < -0.39 is 11.9 Å². The first kappa shape index (κ1) is 22.9. The van der Waals surface area contributed by atoms with Gasteiger partial charge in [-0.15, -0.1) is 0 Å². The third-order valence-corrected chi connectivity index (χ3v) is 5.61. The lowest BCUT2D eigenvalue weighted by Crippen LogP contribution is -2.27. The molecule has 33 heavy (non-hydrogen) atoms. The second-order valence-corrected chi connectivity index (χ2v) is 8.23. The molecule has 3 aromatic carbocycles. The van der Waals surface area contributed by atoms with Crippen molar-refractivity contribution in [1.29, 1.82) is 0 Å². The van der Waals surface area contributed by atoms with Crippen LogP contribution in [0.1, 0.15) is 15.9 Å². The molecule has 7 nitrogen and oxygen atoms in total. The van der Waals surface area contributed by atoms with Crippen LogP contribution < -0.4 is 19.7 Å². The number of benzene rings is 3. The van der Waals surface area contributed by atoms with E-state index in [9.17, 15) is 14.4 Å². The van der Waals surface area contributed by atoms with E-state index >= 15 is 0 Å². The minimum atomic E-state index is -0.569. The van der Waals surface area contributed by atoms with Crippen LogP contribution in [0.5, 0.6) is 17.2 Å². The molecule has 0 aliphatic carbocycles. The van der Waals surface area contributed by atoms with E-state index in [-0.39, 0.29) is 39.4 Å². The van der Waals surface area contributed by atoms with Crippen molar-refractivity contribution in [3.05, 3.63) is 80.8 Å². The first-order valence-electron chi connectivity index (χ1n) is 9.53. The van der Waals surface area contributed by atoms with E-state index in [0.717, 1.165) is 0 Å². The highest BCUT2D eigenvalue weighted by Gasteiger charge is 2.29. The number of methoxy groups -OCH3 is 1. The Morgan fingerprint density at radius 1 is 1.00 bits per heavy atom. The van der Waals surface area contributed by atoms with Crippen molar-refractivity contribution in [1.82, 2.24) is 5.32 Å². The normalized spacial score (nSPS) is 13.2. The number of hydrogen-bond acceptors (Lipinski definition) is 5. The molecule has 0 unspecified atom stereocenters. The van der Waals surface area contributed by atoms with Crippen LogP contribution in [0.2, 0.25) is 15.1 Å². The molecule has 0 saturated carbocycles. The Hall–Kier alpha value is -3.26. The molecule has 0 spiro atoms. The molecular weight excluding hydrogens is 491 g/mol. The number of halogens is 3. The molecule has 4 rings (SSSR count). The van der Waals surface area contributed by atoms with Crippen molar-refractivity contribution in [2.24, 2.45) is 0 Å². The predicted octanol–water partition coefficient (Wildman–Crippen LogP) is 5.73. The quantitative estimate of drug-likeness (QED) is 0.341. The summed E-state index contributed by atoms with van der Waals surface area (Å²) in [5, 5.41) is 2.84. The molecule has 3 aromatic rings. The van der Waals surface area contributed by atoms with Crippen molar-refractivity contribution < 1.29 is 23.9 Å². The Labute approximate surface area is 203 Å². The highest BCUT2D eigenvalue weighted by atomic mass is 35.5. The lowest BCUT2D eigenvalue weighted by Gasteiger charge is -2.17. The molecule has 10 heteroatoms. The molecule has 1 saturated heterocycles. The van der Waals surface area contributed by atoms with Crippen LogP contribution in [0.15, 0.2) is 54.6 Å². The van der Waals surface area contributed by atoms with Crippen molar-refractivity contribution in [3.63, 3.8) is 0 Å². The number of nitrogens with one attached hydrogen (secondary N) is 1. The molecule has 1 N–H and O–H groups in total. The number of anilines is 1. The minimum Gasteiger partial charge on any atom is -0.496 e. The van der Waals surface area contributed by atoms with E-state index in [1.807, 2.05) is 0 Å². The zero-order chi connectivity index (χ0) is 23.7. The van der Waals surface area contributed by atoms with E-state index in [1.54, 1.807) is 36.4 Å². The predicted molar refractivity (Wildman–Crippen MR) is 125 cm³/mol. The topological polar surface area (TPSA) is 84.9 Å². The van der Waals surface area contributed by atoms with Gasteiger partial charge in [0, 0.05) is 16.3 Å². The Balaban J connectivity index is 1.66. The number of ether oxygens (including phenoxy) is 2. The first-order chi connectivity index (χ1) is 15.8. The number of nitrogens with zero attached hydrogens (tertiary/aromatic N) is 1. The lowest BCUT2D eigenvalue weighted by molar-refractivity contribution is -0.117. The number of imide groups is 1. The SMILES string of the molecule is COc1ccc(Oc2c(Cl)cc(N3CC(=O)NC3=O)cc2Cl)cc1C(=O)c1cccc(Cl)c1. The fourth-order valence-electron chi connectivity index (χ4n) is 3.28. The zero-order valence-corrected chi connectivity index (χ0v) is 19.3. The summed E-state index contributed by atoms with van der Waals surface area (Å²) in [4.78, 5) is 37.6. The second kappa shape index (κ2) is 9.31. The molecule has 0 atom stereocenters. The van der Waals surface area contributed by atoms with E-state index in [1.165, 1.54) is 30.2 Å². The molecule has 0 radical (unpaired) electrons.